The first-order valence-electron chi connectivity index (χ1n) is 22.4. The summed E-state index contributed by atoms with van der Waals surface area (Å²) in [6, 6.07) is 9.81. The molecule has 400 valence electrons. The molecule has 19 N–H and O–H groups in total. The summed E-state index contributed by atoms with van der Waals surface area (Å²) >= 11 is 0. The van der Waals surface area contributed by atoms with Gasteiger partial charge in [0.05, 0.1) is 31.3 Å². The maximum Gasteiger partial charge on any atom is 0.219 e. The predicted octanol–water partition coefficient (Wildman–Crippen LogP) is -5.94. The normalized spacial score (nSPS) is 35.8. The molecule has 7 rings (SSSR count). The molecule has 0 spiro atoms. The molecule has 3 unspecified atom stereocenters. The number of phenolic OH excluding ortho intramolecular Hbond substituents is 2. The minimum atomic E-state index is -4.13. The monoisotopic (exact) mass is 1040 g/mol. The van der Waals surface area contributed by atoms with Gasteiger partial charge in [-0.1, -0.05) is 36.4 Å². The lowest BCUT2D eigenvalue weighted by Crippen LogP contribution is -2.71. The van der Waals surface area contributed by atoms with Crippen LogP contribution in [0, 0.1) is 5.92 Å². The van der Waals surface area contributed by atoms with Gasteiger partial charge >= 0.3 is 0 Å². The zero-order chi connectivity index (χ0) is 54.6. The van der Waals surface area contributed by atoms with Crippen molar-refractivity contribution in [3.63, 3.8) is 0 Å². The summed E-state index contributed by atoms with van der Waals surface area (Å²) in [4.78, 5) is 59.4. The fourth-order valence-electron chi connectivity index (χ4n) is 9.46. The molecular formula is C48H52O26. The van der Waals surface area contributed by atoms with Gasteiger partial charge in [0.15, 0.2) is 5.78 Å². The number of aliphatic hydroxyl groups excluding tert-OH is 15. The van der Waals surface area contributed by atoms with Crippen LogP contribution in [0.1, 0.15) is 11.1 Å². The molecule has 26 nitrogen and oxygen atoms in total. The lowest BCUT2D eigenvalue weighted by Gasteiger charge is -2.47. The molecule has 2 aliphatic carbocycles. The van der Waals surface area contributed by atoms with Crippen molar-refractivity contribution in [3.8, 4) is 11.5 Å². The highest BCUT2D eigenvalue weighted by atomic mass is 16.6. The van der Waals surface area contributed by atoms with Crippen LogP contribution in [-0.2, 0) is 33.4 Å². The van der Waals surface area contributed by atoms with Crippen LogP contribution in [0.3, 0.4) is 0 Å². The Morgan fingerprint density at radius 3 is 1.55 bits per heavy atom. The Morgan fingerprint density at radius 1 is 0.608 bits per heavy atom. The fraction of sp³-hybridized carbons (Fsp3) is 0.417. The standard InChI is InChI=1S/C48H52O26/c49-13-22(56)30(57)37(64)40-27(28-33(60)25(20(54)11-5-16-1-7-18(52)8-2-16)41(67)47(70,43(28)69)45-38(65)35(62)31(58)23(14-50)72-45)29-34(61)26(21(55)12-6-17-3-9-19(53)10-4-17)42(68)48(71,44(29)74-40)46-39(66)36(63)32(59)24(15-51)73-46/h1-12,22-24,27,30-32,35-40,45-46,49-54,56-66,70-71H,13-15H2/b11-5+,12-6+,25-20-/t22-,23-,24-,27?,30-,31-,32-,35+,36+,37+,38-,39-,40+,45-,46-,47?,48?/m1/s1. The molecule has 2 saturated heterocycles. The summed E-state index contributed by atoms with van der Waals surface area (Å²) in [7, 11) is 0. The van der Waals surface area contributed by atoms with Gasteiger partial charge < -0.3 is 111 Å². The zero-order valence-corrected chi connectivity index (χ0v) is 38.1. The summed E-state index contributed by atoms with van der Waals surface area (Å²) in [6.07, 6.45) is -31.7. The van der Waals surface area contributed by atoms with Crippen LogP contribution in [0.5, 0.6) is 11.5 Å². The largest absolute Gasteiger partial charge is 0.508 e. The Labute approximate surface area is 416 Å². The van der Waals surface area contributed by atoms with Gasteiger partial charge in [-0.05, 0) is 47.5 Å². The molecule has 5 aliphatic rings. The van der Waals surface area contributed by atoms with E-state index in [1.54, 1.807) is 0 Å². The number of aliphatic hydroxyl groups is 17. The summed E-state index contributed by atoms with van der Waals surface area (Å²) in [5, 5.41) is 211. The number of phenols is 2. The molecular weight excluding hydrogens is 993 g/mol. The van der Waals surface area contributed by atoms with Crippen molar-refractivity contribution in [1.29, 1.82) is 0 Å². The van der Waals surface area contributed by atoms with Crippen molar-refractivity contribution in [2.75, 3.05) is 19.8 Å². The Bertz CT molecular complexity index is 2720. The molecule has 3 aliphatic heterocycles. The van der Waals surface area contributed by atoms with Crippen molar-refractivity contribution >= 4 is 35.3 Å². The average molecular weight is 1040 g/mol. The molecule has 17 atom stereocenters. The number of Topliss-reactive ketones (excluding diaryl/α,β-unsaturated/α-hetero) is 3. The number of allylic oxidation sites excluding steroid dienone is 4. The molecule has 0 amide bonds. The van der Waals surface area contributed by atoms with Crippen LogP contribution >= 0.6 is 0 Å². The van der Waals surface area contributed by atoms with Crippen molar-refractivity contribution in [2.24, 2.45) is 5.92 Å². The lowest BCUT2D eigenvalue weighted by molar-refractivity contribution is -0.264. The first-order chi connectivity index (χ1) is 34.8. The van der Waals surface area contributed by atoms with Gasteiger partial charge in [-0.15, -0.1) is 0 Å². The summed E-state index contributed by atoms with van der Waals surface area (Å²) in [5.74, 6) is -17.5. The van der Waals surface area contributed by atoms with Crippen LogP contribution < -0.4 is 0 Å². The Morgan fingerprint density at radius 2 is 1.08 bits per heavy atom. The smallest absolute Gasteiger partial charge is 0.219 e. The highest BCUT2D eigenvalue weighted by molar-refractivity contribution is 6.30. The molecule has 0 radical (unpaired) electrons. The number of ether oxygens (including phenoxy) is 3. The van der Waals surface area contributed by atoms with Crippen molar-refractivity contribution in [3.05, 3.63) is 117 Å². The van der Waals surface area contributed by atoms with Crippen molar-refractivity contribution in [2.45, 2.75) is 96.7 Å². The third-order valence-electron chi connectivity index (χ3n) is 13.5. The number of carbonyl (C=O) groups excluding carboxylic acids is 4. The van der Waals surface area contributed by atoms with Gasteiger partial charge in [0.1, 0.15) is 131 Å². The number of ketones is 4. The van der Waals surface area contributed by atoms with Gasteiger partial charge in [0.25, 0.3) is 0 Å². The third-order valence-corrected chi connectivity index (χ3v) is 13.5. The van der Waals surface area contributed by atoms with Crippen LogP contribution in [0.15, 0.2) is 106 Å². The van der Waals surface area contributed by atoms with E-state index >= 15 is 4.79 Å². The molecule has 2 aromatic carbocycles. The number of hydrogen-bond donors (Lipinski definition) is 19. The van der Waals surface area contributed by atoms with E-state index in [2.05, 4.69) is 0 Å². The number of hydrogen-bond acceptors (Lipinski definition) is 26. The van der Waals surface area contributed by atoms with E-state index in [1.165, 1.54) is 48.5 Å². The molecule has 0 bridgehead atoms. The van der Waals surface area contributed by atoms with E-state index in [0.717, 1.165) is 12.2 Å². The highest BCUT2D eigenvalue weighted by Gasteiger charge is 2.70. The minimum absolute atomic E-state index is 0.143. The summed E-state index contributed by atoms with van der Waals surface area (Å²) < 4.78 is 16.9. The van der Waals surface area contributed by atoms with Crippen LogP contribution in [0.4, 0.5) is 0 Å². The van der Waals surface area contributed by atoms with E-state index in [-0.39, 0.29) is 22.6 Å². The average Bonchev–Trinajstić information content (AvgIpc) is 3.78. The number of carbonyl (C=O) groups is 4. The summed E-state index contributed by atoms with van der Waals surface area (Å²) in [6.45, 7) is -3.83. The van der Waals surface area contributed by atoms with E-state index in [9.17, 15) is 111 Å². The van der Waals surface area contributed by atoms with E-state index in [4.69, 9.17) is 14.2 Å². The third kappa shape index (κ3) is 9.12. The molecule has 26 heteroatoms. The van der Waals surface area contributed by atoms with E-state index < -0.39 is 191 Å². The van der Waals surface area contributed by atoms with Crippen molar-refractivity contribution < 1.29 is 130 Å². The Hall–Kier alpha value is -6.28. The topological polar surface area (TPSA) is 480 Å². The highest BCUT2D eigenvalue weighted by Crippen LogP contribution is 2.54. The van der Waals surface area contributed by atoms with Gasteiger partial charge in [0.2, 0.25) is 28.6 Å². The van der Waals surface area contributed by atoms with Gasteiger partial charge in [0, 0.05) is 5.57 Å². The maximum absolute atomic E-state index is 15.4. The van der Waals surface area contributed by atoms with Crippen molar-refractivity contribution in [1.82, 2.24) is 0 Å². The first-order valence-corrected chi connectivity index (χ1v) is 22.4. The minimum Gasteiger partial charge on any atom is -0.508 e. The Kier molecular flexibility index (Phi) is 15.9. The lowest BCUT2D eigenvalue weighted by atomic mass is 9.65. The molecule has 74 heavy (non-hydrogen) atoms. The molecule has 3 heterocycles. The maximum atomic E-state index is 15.4. The molecule has 0 saturated carbocycles. The second-order valence-corrected chi connectivity index (χ2v) is 18.0. The second-order valence-electron chi connectivity index (χ2n) is 18.0. The predicted molar refractivity (Wildman–Crippen MR) is 241 cm³/mol. The van der Waals surface area contributed by atoms with Gasteiger partial charge in [-0.2, -0.15) is 0 Å². The van der Waals surface area contributed by atoms with E-state index in [1.807, 2.05) is 0 Å². The van der Waals surface area contributed by atoms with E-state index in [0.29, 0.717) is 12.2 Å². The zero-order valence-electron chi connectivity index (χ0n) is 38.1. The Balaban J connectivity index is 1.58. The summed E-state index contributed by atoms with van der Waals surface area (Å²) in [5.41, 5.74) is -13.7. The quantitative estimate of drug-likeness (QED) is 0.0362. The molecule has 0 aromatic heterocycles. The van der Waals surface area contributed by atoms with Gasteiger partial charge in [-0.25, -0.2) is 0 Å². The molecule has 2 aromatic rings. The SMILES string of the molecule is O=C(/C=C/c1ccc(O)cc1)C1=C(O)C2=C(O[C@H]([C@@H](O)[C@H](O)[C@H](O)CO)C2C2=C(O)/C(=C(O)\C=C\c3ccc(O)cc3)C(=O)C(O)([C@@H]3O[C@H](CO)[C@@H](O)[C@H](O)[C@H]3O)C2=O)C(O)([C@@H]2O[C@H](CO)[C@@H](O)[C@H](O)[C@H]2O)C1=O. The first kappa shape index (κ1) is 55.5. The second kappa shape index (κ2) is 21.2. The van der Waals surface area contributed by atoms with Gasteiger partial charge in [-0.3, -0.25) is 19.2 Å². The number of aromatic hydroxyl groups is 2. The fourth-order valence-corrected chi connectivity index (χ4v) is 9.46. The number of benzene rings is 2. The van der Waals surface area contributed by atoms with Crippen LogP contribution in [0.2, 0.25) is 0 Å². The van der Waals surface area contributed by atoms with Crippen LogP contribution in [0.25, 0.3) is 12.2 Å². The van der Waals surface area contributed by atoms with Crippen LogP contribution in [-0.4, -0.2) is 237 Å². The number of rotatable bonds is 14. The molecule has 2 fully saturated rings.